The maximum atomic E-state index is 4.26. The quantitative estimate of drug-likeness (QED) is 0.865. The zero-order chi connectivity index (χ0) is 14.7. The average molecular weight is 284 g/mol. The maximum Gasteiger partial charge on any atom is 0.0534 e. The molecule has 1 saturated heterocycles. The van der Waals surface area contributed by atoms with Crippen LogP contribution < -0.4 is 4.90 Å². The van der Waals surface area contributed by atoms with Gasteiger partial charge in [0.2, 0.25) is 0 Å². The van der Waals surface area contributed by atoms with Gasteiger partial charge in [-0.2, -0.15) is 5.10 Å². The number of aromatic nitrogens is 2. The van der Waals surface area contributed by atoms with Crippen molar-refractivity contribution in [1.82, 2.24) is 14.7 Å². The Kier molecular flexibility index (Phi) is 4.25. The van der Waals surface area contributed by atoms with E-state index >= 15 is 0 Å². The Hall–Kier alpha value is -1.81. The molecule has 0 aliphatic carbocycles. The van der Waals surface area contributed by atoms with Crippen LogP contribution in [0.15, 0.2) is 36.7 Å². The van der Waals surface area contributed by atoms with Crippen LogP contribution in [-0.4, -0.2) is 40.9 Å². The molecule has 1 fully saturated rings. The average Bonchev–Trinajstić information content (AvgIpc) is 2.74. The predicted octanol–water partition coefficient (Wildman–Crippen LogP) is 2.44. The molecule has 1 aliphatic rings. The summed E-state index contributed by atoms with van der Waals surface area (Å²) in [5.74, 6) is 0. The summed E-state index contributed by atoms with van der Waals surface area (Å²) in [5.41, 5.74) is 3.98. The first-order chi connectivity index (χ1) is 10.2. The van der Waals surface area contributed by atoms with Crippen molar-refractivity contribution in [1.29, 1.82) is 0 Å². The van der Waals surface area contributed by atoms with Gasteiger partial charge >= 0.3 is 0 Å². The van der Waals surface area contributed by atoms with Gasteiger partial charge in [-0.25, -0.2) is 0 Å². The minimum atomic E-state index is 1.01. The lowest BCUT2D eigenvalue weighted by molar-refractivity contribution is 0.285. The third-order valence-corrected chi connectivity index (χ3v) is 4.15. The molecule has 2 aromatic rings. The van der Waals surface area contributed by atoms with Crippen LogP contribution >= 0.6 is 0 Å². The fraction of sp³-hybridized carbons (Fsp3) is 0.471. The van der Waals surface area contributed by atoms with E-state index in [2.05, 4.69) is 52.3 Å². The third-order valence-electron chi connectivity index (χ3n) is 4.15. The summed E-state index contributed by atoms with van der Waals surface area (Å²) in [6.07, 6.45) is 5.30. The molecule has 0 saturated carbocycles. The minimum Gasteiger partial charge on any atom is -0.370 e. The highest BCUT2D eigenvalue weighted by atomic mass is 15.3. The van der Waals surface area contributed by atoms with Gasteiger partial charge in [-0.15, -0.1) is 0 Å². The van der Waals surface area contributed by atoms with Crippen LogP contribution in [0.1, 0.15) is 17.5 Å². The summed E-state index contributed by atoms with van der Waals surface area (Å²) >= 11 is 0. The normalized spacial score (nSPS) is 17.0. The lowest BCUT2D eigenvalue weighted by atomic mass is 10.2. The highest BCUT2D eigenvalue weighted by Crippen LogP contribution is 2.18. The van der Waals surface area contributed by atoms with E-state index in [-0.39, 0.29) is 0 Å². The maximum absolute atomic E-state index is 4.26. The van der Waals surface area contributed by atoms with Gasteiger partial charge in [0.1, 0.15) is 0 Å². The summed E-state index contributed by atoms with van der Waals surface area (Å²) in [7, 11) is 1.98. The minimum absolute atomic E-state index is 1.01. The van der Waals surface area contributed by atoms with Gasteiger partial charge in [0.05, 0.1) is 6.20 Å². The van der Waals surface area contributed by atoms with E-state index in [4.69, 9.17) is 0 Å². The van der Waals surface area contributed by atoms with Crippen molar-refractivity contribution in [2.75, 3.05) is 31.1 Å². The highest BCUT2D eigenvalue weighted by molar-refractivity contribution is 5.47. The Morgan fingerprint density at radius 2 is 1.86 bits per heavy atom. The van der Waals surface area contributed by atoms with Crippen molar-refractivity contribution in [3.05, 3.63) is 47.8 Å². The van der Waals surface area contributed by atoms with E-state index in [9.17, 15) is 0 Å². The van der Waals surface area contributed by atoms with E-state index in [1.54, 1.807) is 0 Å². The lowest BCUT2D eigenvalue weighted by Gasteiger charge is -2.23. The summed E-state index contributed by atoms with van der Waals surface area (Å²) in [6.45, 7) is 7.67. The fourth-order valence-corrected chi connectivity index (χ4v) is 2.95. The van der Waals surface area contributed by atoms with Crippen molar-refractivity contribution in [2.24, 2.45) is 7.05 Å². The molecule has 21 heavy (non-hydrogen) atoms. The third kappa shape index (κ3) is 3.64. The van der Waals surface area contributed by atoms with Gasteiger partial charge in [0.15, 0.2) is 0 Å². The zero-order valence-electron chi connectivity index (χ0n) is 13.0. The van der Waals surface area contributed by atoms with Crippen LogP contribution in [0.3, 0.4) is 0 Å². The Morgan fingerprint density at radius 1 is 1.05 bits per heavy atom. The molecule has 1 aromatic carbocycles. The number of anilines is 1. The molecule has 1 aliphatic heterocycles. The van der Waals surface area contributed by atoms with Crippen molar-refractivity contribution >= 4 is 5.69 Å². The Morgan fingerprint density at radius 3 is 2.57 bits per heavy atom. The molecule has 0 unspecified atom stereocenters. The van der Waals surface area contributed by atoms with E-state index in [1.807, 2.05) is 17.9 Å². The molecule has 112 valence electrons. The summed E-state index contributed by atoms with van der Waals surface area (Å²) < 4.78 is 1.88. The molecule has 0 atom stereocenters. The molecule has 0 spiro atoms. The van der Waals surface area contributed by atoms with Crippen LogP contribution in [0.4, 0.5) is 5.69 Å². The van der Waals surface area contributed by atoms with Gasteiger partial charge in [0, 0.05) is 57.2 Å². The van der Waals surface area contributed by atoms with Gasteiger partial charge < -0.3 is 4.90 Å². The topological polar surface area (TPSA) is 24.3 Å². The SMILES string of the molecule is Cc1ccc(N2CCCN(Cc3cnn(C)c3)CC2)cc1. The Balaban J connectivity index is 1.60. The first-order valence-electron chi connectivity index (χ1n) is 7.72. The summed E-state index contributed by atoms with van der Waals surface area (Å²) in [6, 6.07) is 8.89. The molecule has 1 aromatic heterocycles. The van der Waals surface area contributed by atoms with Crippen LogP contribution in [0.25, 0.3) is 0 Å². The number of nitrogens with zero attached hydrogens (tertiary/aromatic N) is 4. The molecular formula is C17H24N4. The molecule has 2 heterocycles. The van der Waals surface area contributed by atoms with E-state index < -0.39 is 0 Å². The second-order valence-electron chi connectivity index (χ2n) is 5.97. The first-order valence-corrected chi connectivity index (χ1v) is 7.72. The molecule has 4 heteroatoms. The van der Waals surface area contributed by atoms with Crippen LogP contribution in [-0.2, 0) is 13.6 Å². The van der Waals surface area contributed by atoms with Crippen LogP contribution in [0.2, 0.25) is 0 Å². The summed E-state index contributed by atoms with van der Waals surface area (Å²) in [5, 5.41) is 4.26. The Labute approximate surface area is 127 Å². The van der Waals surface area contributed by atoms with E-state index in [0.717, 1.165) is 32.7 Å². The van der Waals surface area contributed by atoms with Gasteiger partial charge in [-0.1, -0.05) is 17.7 Å². The largest absolute Gasteiger partial charge is 0.370 e. The number of rotatable bonds is 3. The van der Waals surface area contributed by atoms with Crippen molar-refractivity contribution in [3.8, 4) is 0 Å². The van der Waals surface area contributed by atoms with Crippen molar-refractivity contribution < 1.29 is 0 Å². The number of aryl methyl sites for hydroxylation is 2. The standard InChI is InChI=1S/C17H24N4/c1-15-4-6-17(7-5-15)21-9-3-8-20(10-11-21)14-16-12-18-19(2)13-16/h4-7,12-13H,3,8-11,14H2,1-2H3. The molecular weight excluding hydrogens is 260 g/mol. The van der Waals surface area contributed by atoms with E-state index in [0.29, 0.717) is 0 Å². The molecule has 3 rings (SSSR count). The van der Waals surface area contributed by atoms with Crippen LogP contribution in [0.5, 0.6) is 0 Å². The number of hydrogen-bond acceptors (Lipinski definition) is 3. The monoisotopic (exact) mass is 284 g/mol. The Bertz CT molecular complexity index is 573. The molecule has 0 bridgehead atoms. The molecule has 0 radical (unpaired) electrons. The predicted molar refractivity (Wildman–Crippen MR) is 86.5 cm³/mol. The molecule has 0 N–H and O–H groups in total. The molecule has 0 amide bonds. The zero-order valence-corrected chi connectivity index (χ0v) is 13.0. The summed E-state index contributed by atoms with van der Waals surface area (Å²) in [4.78, 5) is 5.04. The second-order valence-corrected chi connectivity index (χ2v) is 5.97. The van der Waals surface area contributed by atoms with Gasteiger partial charge in [0.25, 0.3) is 0 Å². The molecule has 4 nitrogen and oxygen atoms in total. The lowest BCUT2D eigenvalue weighted by Crippen LogP contribution is -2.30. The van der Waals surface area contributed by atoms with Gasteiger partial charge in [-0.05, 0) is 25.5 Å². The highest BCUT2D eigenvalue weighted by Gasteiger charge is 2.15. The van der Waals surface area contributed by atoms with Gasteiger partial charge in [-0.3, -0.25) is 9.58 Å². The smallest absolute Gasteiger partial charge is 0.0534 e. The van der Waals surface area contributed by atoms with Crippen molar-refractivity contribution in [2.45, 2.75) is 19.9 Å². The van der Waals surface area contributed by atoms with Crippen LogP contribution in [0, 0.1) is 6.92 Å². The van der Waals surface area contributed by atoms with E-state index in [1.165, 1.54) is 23.2 Å². The first kappa shape index (κ1) is 14.1. The number of hydrogen-bond donors (Lipinski definition) is 0. The number of benzene rings is 1. The van der Waals surface area contributed by atoms with Crippen molar-refractivity contribution in [3.63, 3.8) is 0 Å². The fourth-order valence-electron chi connectivity index (χ4n) is 2.95. The second kappa shape index (κ2) is 6.31.